The number of methoxy groups -OCH3 is 1. The summed E-state index contributed by atoms with van der Waals surface area (Å²) in [5.41, 5.74) is 0.422. The van der Waals surface area contributed by atoms with Crippen molar-refractivity contribution in [1.82, 2.24) is 9.88 Å². The number of nitrogens with one attached hydrogen (secondary N) is 1. The summed E-state index contributed by atoms with van der Waals surface area (Å²) in [6, 6.07) is 0.976. The average molecular weight is 273 g/mol. The number of hydrogen-bond donors (Lipinski definition) is 1. The van der Waals surface area contributed by atoms with Crippen LogP contribution in [-0.4, -0.2) is 29.6 Å². The van der Waals surface area contributed by atoms with Gasteiger partial charge in [0.15, 0.2) is 0 Å². The number of carbonyl (C=O) groups is 2. The van der Waals surface area contributed by atoms with Crippen LogP contribution in [0.25, 0.3) is 0 Å². The Bertz CT molecular complexity index is 454. The smallest absolute Gasteiger partial charge is 0.328 e. The van der Waals surface area contributed by atoms with Crippen molar-refractivity contribution in [3.63, 3.8) is 0 Å². The Labute approximate surface area is 111 Å². The molecule has 0 aliphatic heterocycles. The Kier molecular flexibility index (Phi) is 4.78. The average Bonchev–Trinajstić information content (AvgIpc) is 2.70. The van der Waals surface area contributed by atoms with Crippen molar-refractivity contribution in [2.45, 2.75) is 32.9 Å². The molecule has 0 radical (unpaired) electrons. The summed E-state index contributed by atoms with van der Waals surface area (Å²) in [6.07, 6.45) is 1.68. The molecule has 1 atom stereocenters. The third-order valence-electron chi connectivity index (χ3n) is 2.51. The highest BCUT2D eigenvalue weighted by Crippen LogP contribution is 2.18. The van der Waals surface area contributed by atoms with Gasteiger partial charge in [0, 0.05) is 12.2 Å². The van der Waals surface area contributed by atoms with E-state index in [-0.39, 0.29) is 11.9 Å². The van der Waals surface area contributed by atoms with Crippen LogP contribution in [0.3, 0.4) is 0 Å². The lowest BCUT2D eigenvalue weighted by Gasteiger charge is -2.15. The number of nitrogens with zero attached hydrogens (tertiary/aromatic N) is 1. The summed E-state index contributed by atoms with van der Waals surface area (Å²) in [5.74, 6) is -0.842. The van der Waals surface area contributed by atoms with Gasteiger partial charge in [0.25, 0.3) is 5.91 Å². The summed E-state index contributed by atoms with van der Waals surface area (Å²) < 4.78 is 6.30. The van der Waals surface area contributed by atoms with Crippen molar-refractivity contribution in [3.8, 4) is 0 Å². The molecule has 0 aliphatic rings. The Morgan fingerprint density at radius 2 is 2.00 bits per heavy atom. The van der Waals surface area contributed by atoms with Gasteiger partial charge in [-0.25, -0.2) is 4.79 Å². The van der Waals surface area contributed by atoms with Crippen LogP contribution in [0.1, 0.15) is 37.3 Å². The second kappa shape index (κ2) is 5.91. The van der Waals surface area contributed by atoms with E-state index in [1.54, 1.807) is 23.8 Å². The van der Waals surface area contributed by atoms with Crippen molar-refractivity contribution in [2.75, 3.05) is 7.11 Å². The Balaban J connectivity index is 2.87. The van der Waals surface area contributed by atoms with Crippen molar-refractivity contribution < 1.29 is 14.3 Å². The standard InChI is InChI=1S/C12H17ClN2O3/c1-7(2)15-6-9(13)5-10(15)11(16)14-8(3)12(17)18-4/h5-8H,1-4H3,(H,14,16). The molecule has 1 heterocycles. The fourth-order valence-electron chi connectivity index (χ4n) is 1.56. The third kappa shape index (κ3) is 3.26. The molecule has 0 aromatic carbocycles. The molecule has 1 amide bonds. The minimum absolute atomic E-state index is 0.103. The van der Waals surface area contributed by atoms with Crippen molar-refractivity contribution in [1.29, 1.82) is 0 Å². The molecule has 0 bridgehead atoms. The molecule has 0 spiro atoms. The zero-order chi connectivity index (χ0) is 13.9. The SMILES string of the molecule is COC(=O)C(C)NC(=O)c1cc(Cl)cn1C(C)C. The topological polar surface area (TPSA) is 60.3 Å². The van der Waals surface area contributed by atoms with E-state index in [1.807, 2.05) is 13.8 Å². The summed E-state index contributed by atoms with van der Waals surface area (Å²) in [4.78, 5) is 23.2. The normalized spacial score (nSPS) is 12.3. The molecular formula is C12H17ClN2O3. The Morgan fingerprint density at radius 3 is 2.50 bits per heavy atom. The van der Waals surface area contributed by atoms with Gasteiger partial charge in [0.2, 0.25) is 0 Å². The lowest BCUT2D eigenvalue weighted by atomic mass is 10.3. The predicted octanol–water partition coefficient (Wildman–Crippen LogP) is 2.01. The largest absolute Gasteiger partial charge is 0.467 e. The molecule has 18 heavy (non-hydrogen) atoms. The van der Waals surface area contributed by atoms with E-state index in [0.717, 1.165) is 0 Å². The Hall–Kier alpha value is -1.49. The molecule has 1 rings (SSSR count). The molecule has 100 valence electrons. The number of carbonyl (C=O) groups excluding carboxylic acids is 2. The van der Waals surface area contributed by atoms with Gasteiger partial charge >= 0.3 is 5.97 Å². The van der Waals surface area contributed by atoms with Crippen LogP contribution in [-0.2, 0) is 9.53 Å². The molecule has 1 aromatic rings. The van der Waals surface area contributed by atoms with Crippen LogP contribution in [0.15, 0.2) is 12.3 Å². The number of esters is 1. The maximum Gasteiger partial charge on any atom is 0.328 e. The van der Waals surface area contributed by atoms with E-state index in [4.69, 9.17) is 11.6 Å². The molecule has 0 saturated carbocycles. The number of aromatic nitrogens is 1. The van der Waals surface area contributed by atoms with Crippen LogP contribution in [0.5, 0.6) is 0 Å². The zero-order valence-corrected chi connectivity index (χ0v) is 11.6. The fraction of sp³-hybridized carbons (Fsp3) is 0.500. The first-order chi connectivity index (χ1) is 8.36. The van der Waals surface area contributed by atoms with Gasteiger partial charge in [-0.05, 0) is 26.8 Å². The van der Waals surface area contributed by atoms with Gasteiger partial charge in [-0.2, -0.15) is 0 Å². The van der Waals surface area contributed by atoms with Crippen LogP contribution in [0, 0.1) is 0 Å². The maximum absolute atomic E-state index is 12.0. The number of hydrogen-bond acceptors (Lipinski definition) is 3. The quantitative estimate of drug-likeness (QED) is 0.853. The fourth-order valence-corrected chi connectivity index (χ4v) is 1.77. The van der Waals surface area contributed by atoms with Gasteiger partial charge in [-0.1, -0.05) is 11.6 Å². The molecule has 0 saturated heterocycles. The van der Waals surface area contributed by atoms with Crippen molar-refractivity contribution in [2.24, 2.45) is 0 Å². The molecule has 6 heteroatoms. The molecule has 0 aliphatic carbocycles. The van der Waals surface area contributed by atoms with E-state index in [9.17, 15) is 9.59 Å². The number of amides is 1. The highest BCUT2D eigenvalue weighted by molar-refractivity contribution is 6.31. The van der Waals surface area contributed by atoms with E-state index < -0.39 is 12.0 Å². The molecule has 1 N–H and O–H groups in total. The Morgan fingerprint density at radius 1 is 1.39 bits per heavy atom. The van der Waals surface area contributed by atoms with E-state index >= 15 is 0 Å². The van der Waals surface area contributed by atoms with Crippen molar-refractivity contribution >= 4 is 23.5 Å². The van der Waals surface area contributed by atoms with Gasteiger partial charge in [0.1, 0.15) is 11.7 Å². The van der Waals surface area contributed by atoms with Gasteiger partial charge in [-0.3, -0.25) is 4.79 Å². The summed E-state index contributed by atoms with van der Waals surface area (Å²) in [5, 5.41) is 3.05. The molecule has 1 unspecified atom stereocenters. The van der Waals surface area contributed by atoms with Crippen LogP contribution < -0.4 is 5.32 Å². The summed E-state index contributed by atoms with van der Waals surface area (Å²) in [6.45, 7) is 5.45. The minimum atomic E-state index is -0.697. The lowest BCUT2D eigenvalue weighted by molar-refractivity contribution is -0.142. The van der Waals surface area contributed by atoms with E-state index in [2.05, 4.69) is 10.1 Å². The number of rotatable bonds is 4. The summed E-state index contributed by atoms with van der Waals surface area (Å²) >= 11 is 5.89. The lowest BCUT2D eigenvalue weighted by Crippen LogP contribution is -2.40. The third-order valence-corrected chi connectivity index (χ3v) is 2.71. The van der Waals surface area contributed by atoms with Crippen LogP contribution >= 0.6 is 11.6 Å². The zero-order valence-electron chi connectivity index (χ0n) is 10.9. The first-order valence-electron chi connectivity index (χ1n) is 5.63. The van der Waals surface area contributed by atoms with Crippen molar-refractivity contribution in [3.05, 3.63) is 23.0 Å². The van der Waals surface area contributed by atoms with Gasteiger partial charge < -0.3 is 14.6 Å². The first kappa shape index (κ1) is 14.6. The van der Waals surface area contributed by atoms with Crippen LogP contribution in [0.4, 0.5) is 0 Å². The number of ether oxygens (including phenoxy) is 1. The predicted molar refractivity (Wildman–Crippen MR) is 68.8 cm³/mol. The highest BCUT2D eigenvalue weighted by atomic mass is 35.5. The van der Waals surface area contributed by atoms with E-state index in [0.29, 0.717) is 10.7 Å². The highest BCUT2D eigenvalue weighted by Gasteiger charge is 2.20. The minimum Gasteiger partial charge on any atom is -0.467 e. The maximum atomic E-state index is 12.0. The second-order valence-corrected chi connectivity index (χ2v) is 4.70. The summed E-state index contributed by atoms with van der Waals surface area (Å²) in [7, 11) is 1.28. The molecule has 0 fully saturated rings. The molecule has 5 nitrogen and oxygen atoms in total. The monoisotopic (exact) mass is 272 g/mol. The van der Waals surface area contributed by atoms with E-state index in [1.165, 1.54) is 7.11 Å². The molecular weight excluding hydrogens is 256 g/mol. The van der Waals surface area contributed by atoms with Crippen LogP contribution in [0.2, 0.25) is 5.02 Å². The first-order valence-corrected chi connectivity index (χ1v) is 6.00. The molecule has 1 aromatic heterocycles. The van der Waals surface area contributed by atoms with Gasteiger partial charge in [-0.15, -0.1) is 0 Å². The van der Waals surface area contributed by atoms with Gasteiger partial charge in [0.05, 0.1) is 12.1 Å². The second-order valence-electron chi connectivity index (χ2n) is 4.26. The number of halogens is 1.